The zero-order chi connectivity index (χ0) is 16.8. The number of likely N-dealkylation sites (N-methyl/N-ethyl adjacent to an activating group) is 1. The Balaban J connectivity index is 1.94. The second-order valence-electron chi connectivity index (χ2n) is 5.37. The number of nitro groups is 1. The fraction of sp³-hybridized carbons (Fsp3) is 0.533. The van der Waals surface area contributed by atoms with Crippen molar-refractivity contribution in [3.05, 3.63) is 28.3 Å². The van der Waals surface area contributed by atoms with E-state index in [0.29, 0.717) is 5.75 Å². The highest BCUT2D eigenvalue weighted by Gasteiger charge is 2.22. The molecule has 1 aromatic rings. The number of nitrogens with zero attached hydrogens (tertiary/aromatic N) is 2. The maximum atomic E-state index is 12.2. The molecule has 1 fully saturated rings. The minimum atomic E-state index is -0.529. The first-order chi connectivity index (χ1) is 11.0. The average Bonchev–Trinajstić information content (AvgIpc) is 2.59. The lowest BCUT2D eigenvalue weighted by atomic mass is 10.1. The minimum Gasteiger partial charge on any atom is -0.490 e. The number of benzene rings is 1. The Morgan fingerprint density at radius 1 is 1.43 bits per heavy atom. The van der Waals surface area contributed by atoms with Gasteiger partial charge in [0.05, 0.1) is 12.0 Å². The number of carbonyl (C=O) groups excluding carboxylic acids is 1. The molecule has 0 atom stereocenters. The Morgan fingerprint density at radius 3 is 2.74 bits per heavy atom. The van der Waals surface area contributed by atoms with E-state index in [-0.39, 0.29) is 30.0 Å². The van der Waals surface area contributed by atoms with E-state index in [0.717, 1.165) is 25.9 Å². The van der Waals surface area contributed by atoms with Crippen molar-refractivity contribution >= 4 is 11.6 Å². The molecule has 1 aliphatic rings. The number of nitro benzene ring substituents is 1. The van der Waals surface area contributed by atoms with E-state index in [4.69, 9.17) is 9.47 Å². The van der Waals surface area contributed by atoms with Gasteiger partial charge in [-0.15, -0.1) is 0 Å². The highest BCUT2D eigenvalue weighted by Crippen LogP contribution is 2.30. The fourth-order valence-electron chi connectivity index (χ4n) is 2.54. The minimum absolute atomic E-state index is 0.103. The van der Waals surface area contributed by atoms with Crippen LogP contribution in [0, 0.1) is 10.1 Å². The summed E-state index contributed by atoms with van der Waals surface area (Å²) in [5.74, 6) is 0.348. The predicted molar refractivity (Wildman–Crippen MR) is 83.8 cm³/mol. The first-order valence-corrected chi connectivity index (χ1v) is 7.44. The third-order valence-electron chi connectivity index (χ3n) is 3.96. The van der Waals surface area contributed by atoms with Gasteiger partial charge in [-0.1, -0.05) is 0 Å². The first kappa shape index (κ1) is 17.0. The number of methoxy groups -OCH3 is 1. The second-order valence-corrected chi connectivity index (χ2v) is 5.37. The lowest BCUT2D eigenvalue weighted by Gasteiger charge is -2.31. The van der Waals surface area contributed by atoms with Crippen LogP contribution in [0.25, 0.3) is 0 Å². The standard InChI is InChI=1S/C15H21N3O5/c1-17(11-5-7-16-8-6-11)15(19)10-23-12-3-4-13(18(20)21)14(9-12)22-2/h3-4,9,11,16H,5-8,10H2,1-2H3. The fourth-order valence-corrected chi connectivity index (χ4v) is 2.54. The summed E-state index contributed by atoms with van der Waals surface area (Å²) in [4.78, 5) is 24.2. The van der Waals surface area contributed by atoms with Crippen LogP contribution in [-0.4, -0.2) is 55.6 Å². The third kappa shape index (κ3) is 4.32. The zero-order valence-electron chi connectivity index (χ0n) is 13.3. The van der Waals surface area contributed by atoms with Crippen LogP contribution in [0.2, 0.25) is 0 Å². The molecular formula is C15H21N3O5. The van der Waals surface area contributed by atoms with E-state index < -0.39 is 4.92 Å². The lowest BCUT2D eigenvalue weighted by Crippen LogP contribution is -2.45. The van der Waals surface area contributed by atoms with Crippen LogP contribution < -0.4 is 14.8 Å². The molecule has 1 saturated heterocycles. The molecule has 1 heterocycles. The largest absolute Gasteiger partial charge is 0.490 e. The molecule has 1 aromatic carbocycles. The van der Waals surface area contributed by atoms with Gasteiger partial charge in [-0.2, -0.15) is 0 Å². The SMILES string of the molecule is COc1cc(OCC(=O)N(C)C2CCNCC2)ccc1[N+](=O)[O-]. The van der Waals surface area contributed by atoms with Gasteiger partial charge in [-0.25, -0.2) is 0 Å². The van der Waals surface area contributed by atoms with Gasteiger partial charge < -0.3 is 19.7 Å². The molecule has 0 saturated carbocycles. The van der Waals surface area contributed by atoms with Crippen molar-refractivity contribution in [2.24, 2.45) is 0 Å². The highest BCUT2D eigenvalue weighted by molar-refractivity contribution is 5.77. The molecule has 0 aliphatic carbocycles. The van der Waals surface area contributed by atoms with Crippen LogP contribution in [0.3, 0.4) is 0 Å². The number of amides is 1. The molecule has 126 valence electrons. The van der Waals surface area contributed by atoms with Crippen molar-refractivity contribution in [2.45, 2.75) is 18.9 Å². The number of piperidine rings is 1. The van der Waals surface area contributed by atoms with Crippen molar-refractivity contribution in [3.63, 3.8) is 0 Å². The predicted octanol–water partition coefficient (Wildman–Crippen LogP) is 1.19. The Morgan fingerprint density at radius 2 is 2.13 bits per heavy atom. The van der Waals surface area contributed by atoms with Crippen molar-refractivity contribution < 1.29 is 19.2 Å². The van der Waals surface area contributed by atoms with Gasteiger partial charge in [0.15, 0.2) is 6.61 Å². The van der Waals surface area contributed by atoms with Gasteiger partial charge >= 0.3 is 5.69 Å². The van der Waals surface area contributed by atoms with E-state index in [1.165, 1.54) is 25.3 Å². The van der Waals surface area contributed by atoms with E-state index in [9.17, 15) is 14.9 Å². The van der Waals surface area contributed by atoms with Crippen LogP contribution in [-0.2, 0) is 4.79 Å². The summed E-state index contributed by atoms with van der Waals surface area (Å²) in [5, 5.41) is 14.1. The zero-order valence-corrected chi connectivity index (χ0v) is 13.3. The maximum Gasteiger partial charge on any atom is 0.311 e. The Bertz CT molecular complexity index is 572. The number of carbonyl (C=O) groups is 1. The van der Waals surface area contributed by atoms with Gasteiger partial charge in [0.2, 0.25) is 5.75 Å². The highest BCUT2D eigenvalue weighted by atomic mass is 16.6. The van der Waals surface area contributed by atoms with Crippen LogP contribution in [0.1, 0.15) is 12.8 Å². The summed E-state index contributed by atoms with van der Waals surface area (Å²) >= 11 is 0. The molecule has 8 nitrogen and oxygen atoms in total. The summed E-state index contributed by atoms with van der Waals surface area (Å²) in [7, 11) is 3.13. The van der Waals surface area contributed by atoms with Gasteiger partial charge in [0, 0.05) is 25.2 Å². The number of hydrogen-bond donors (Lipinski definition) is 1. The number of nitrogens with one attached hydrogen (secondary N) is 1. The Kier molecular flexibility index (Phi) is 5.75. The first-order valence-electron chi connectivity index (χ1n) is 7.44. The molecule has 1 aliphatic heterocycles. The second kappa shape index (κ2) is 7.77. The molecule has 0 bridgehead atoms. The van der Waals surface area contributed by atoms with E-state index in [2.05, 4.69) is 5.32 Å². The topological polar surface area (TPSA) is 93.9 Å². The Labute approximate surface area is 134 Å². The van der Waals surface area contributed by atoms with Crippen molar-refractivity contribution in [1.29, 1.82) is 0 Å². The average molecular weight is 323 g/mol. The molecule has 23 heavy (non-hydrogen) atoms. The molecule has 0 unspecified atom stereocenters. The molecule has 2 rings (SSSR count). The summed E-state index contributed by atoms with van der Waals surface area (Å²) in [6, 6.07) is 4.39. The Hall–Kier alpha value is -2.35. The lowest BCUT2D eigenvalue weighted by molar-refractivity contribution is -0.385. The van der Waals surface area contributed by atoms with Gasteiger partial charge in [0.25, 0.3) is 5.91 Å². The summed E-state index contributed by atoms with van der Waals surface area (Å²) in [6.07, 6.45) is 1.85. The molecule has 1 amide bonds. The quantitative estimate of drug-likeness (QED) is 0.624. The summed E-state index contributed by atoms with van der Waals surface area (Å²) in [5.41, 5.74) is -0.141. The van der Waals surface area contributed by atoms with Crippen molar-refractivity contribution in [2.75, 3.05) is 33.9 Å². The number of ether oxygens (including phenoxy) is 2. The third-order valence-corrected chi connectivity index (χ3v) is 3.96. The molecule has 0 aromatic heterocycles. The monoisotopic (exact) mass is 323 g/mol. The van der Waals surface area contributed by atoms with E-state index in [1.807, 2.05) is 0 Å². The summed E-state index contributed by atoms with van der Waals surface area (Å²) in [6.45, 7) is 1.70. The van der Waals surface area contributed by atoms with Crippen LogP contribution in [0.5, 0.6) is 11.5 Å². The smallest absolute Gasteiger partial charge is 0.311 e. The van der Waals surface area contributed by atoms with E-state index in [1.54, 1.807) is 11.9 Å². The number of hydrogen-bond acceptors (Lipinski definition) is 6. The van der Waals surface area contributed by atoms with Gasteiger partial charge in [-0.05, 0) is 32.0 Å². The van der Waals surface area contributed by atoms with Crippen LogP contribution in [0.15, 0.2) is 18.2 Å². The van der Waals surface area contributed by atoms with Gasteiger partial charge in [0.1, 0.15) is 5.75 Å². The van der Waals surface area contributed by atoms with Crippen molar-refractivity contribution in [1.82, 2.24) is 10.2 Å². The molecule has 0 radical (unpaired) electrons. The van der Waals surface area contributed by atoms with E-state index >= 15 is 0 Å². The molecular weight excluding hydrogens is 302 g/mol. The molecule has 8 heteroatoms. The maximum absolute atomic E-state index is 12.2. The van der Waals surface area contributed by atoms with Crippen LogP contribution >= 0.6 is 0 Å². The van der Waals surface area contributed by atoms with Crippen LogP contribution in [0.4, 0.5) is 5.69 Å². The van der Waals surface area contributed by atoms with Gasteiger partial charge in [-0.3, -0.25) is 14.9 Å². The molecule has 1 N–H and O–H groups in total. The number of rotatable bonds is 6. The van der Waals surface area contributed by atoms with Crippen molar-refractivity contribution in [3.8, 4) is 11.5 Å². The molecule has 0 spiro atoms. The normalized spacial score (nSPS) is 15.0. The summed E-state index contributed by atoms with van der Waals surface area (Å²) < 4.78 is 10.4.